The van der Waals surface area contributed by atoms with Crippen molar-refractivity contribution in [3.05, 3.63) is 15.1 Å². The van der Waals surface area contributed by atoms with Crippen LogP contribution in [0.2, 0.25) is 0 Å². The van der Waals surface area contributed by atoms with E-state index in [1.165, 1.54) is 25.7 Å². The predicted octanol–water partition coefficient (Wildman–Crippen LogP) is 3.74. The normalized spacial score (nSPS) is 23.2. The Bertz CT molecular complexity index is 457. The lowest BCUT2D eigenvalue weighted by atomic mass is 9.76. The van der Waals surface area contributed by atoms with Gasteiger partial charge in [0.1, 0.15) is 11.6 Å². The second-order valence-corrected chi connectivity index (χ2v) is 7.10. The summed E-state index contributed by atoms with van der Waals surface area (Å²) < 4.78 is 6.12. The molecule has 0 aromatic carbocycles. The largest absolute Gasteiger partial charge is 0.383 e. The van der Waals surface area contributed by atoms with Crippen molar-refractivity contribution in [3.63, 3.8) is 0 Å². The number of hydrogen-bond donors (Lipinski definition) is 1. The van der Waals surface area contributed by atoms with E-state index < -0.39 is 0 Å². The average Bonchev–Trinajstić information content (AvgIpc) is 2.44. The van der Waals surface area contributed by atoms with Crippen molar-refractivity contribution < 1.29 is 4.74 Å². The summed E-state index contributed by atoms with van der Waals surface area (Å²) in [4.78, 5) is 9.21. The second-order valence-electron chi connectivity index (χ2n) is 6.02. The molecule has 1 fully saturated rings. The molecule has 2 N–H and O–H groups in total. The van der Waals surface area contributed by atoms with Crippen LogP contribution < -0.4 is 5.73 Å². The molecule has 1 heterocycles. The average molecular weight is 389 g/mol. The van der Waals surface area contributed by atoms with Gasteiger partial charge < -0.3 is 10.5 Å². The zero-order valence-corrected chi connectivity index (χ0v) is 14.7. The number of hydrogen-bond acceptors (Lipinski definition) is 4. The lowest BCUT2D eigenvalue weighted by Crippen LogP contribution is -2.20. The molecule has 0 saturated heterocycles. The van der Waals surface area contributed by atoms with Crippen LogP contribution in [0.25, 0.3) is 0 Å². The molecule has 2 rings (SSSR count). The van der Waals surface area contributed by atoms with Crippen LogP contribution in [0.1, 0.15) is 57.0 Å². The standard InChI is InChI=1S/C15H24IN3O/c1-9(2)10-4-6-11(7-5-10)15-18-12(8-20-3)13(16)14(17)19-15/h9-11H,4-8H2,1-3H3,(H2,17,18,19). The molecule has 0 bridgehead atoms. The molecule has 0 atom stereocenters. The molecule has 0 aliphatic heterocycles. The minimum Gasteiger partial charge on any atom is -0.383 e. The lowest BCUT2D eigenvalue weighted by Gasteiger charge is -2.30. The predicted molar refractivity (Wildman–Crippen MR) is 89.4 cm³/mol. The summed E-state index contributed by atoms with van der Waals surface area (Å²) in [5, 5.41) is 0. The highest BCUT2D eigenvalue weighted by Crippen LogP contribution is 2.38. The number of ether oxygens (including phenoxy) is 1. The van der Waals surface area contributed by atoms with Crippen molar-refractivity contribution in [2.45, 2.75) is 52.1 Å². The lowest BCUT2D eigenvalue weighted by molar-refractivity contribution is 0.180. The Balaban J connectivity index is 2.13. The van der Waals surface area contributed by atoms with Crippen molar-refractivity contribution in [1.29, 1.82) is 0 Å². The minimum atomic E-state index is 0.458. The van der Waals surface area contributed by atoms with Gasteiger partial charge >= 0.3 is 0 Å². The summed E-state index contributed by atoms with van der Waals surface area (Å²) in [5.41, 5.74) is 6.94. The molecule has 20 heavy (non-hydrogen) atoms. The minimum absolute atomic E-state index is 0.458. The molecule has 1 aromatic heterocycles. The Kier molecular flexibility index (Phi) is 5.60. The summed E-state index contributed by atoms with van der Waals surface area (Å²) in [6.07, 6.45) is 4.90. The third-order valence-corrected chi connectivity index (χ3v) is 5.50. The SMILES string of the molecule is COCc1nc(C2CCC(C(C)C)CC2)nc(N)c1I. The molecule has 5 heteroatoms. The van der Waals surface area contributed by atoms with E-state index in [0.717, 1.165) is 26.9 Å². The van der Waals surface area contributed by atoms with Gasteiger partial charge in [0.15, 0.2) is 0 Å². The number of nitrogens with two attached hydrogens (primary N) is 1. The molecule has 1 aromatic rings. The van der Waals surface area contributed by atoms with E-state index in [9.17, 15) is 0 Å². The van der Waals surface area contributed by atoms with Crippen LogP contribution in [-0.2, 0) is 11.3 Å². The van der Waals surface area contributed by atoms with Crippen LogP contribution in [0.4, 0.5) is 5.82 Å². The number of anilines is 1. The second kappa shape index (κ2) is 7.02. The number of nitrogens with zero attached hydrogens (tertiary/aromatic N) is 2. The quantitative estimate of drug-likeness (QED) is 0.797. The first kappa shape index (κ1) is 15.9. The Hall–Kier alpha value is -0.430. The molecule has 1 saturated carbocycles. The molecule has 0 radical (unpaired) electrons. The van der Waals surface area contributed by atoms with E-state index in [1.807, 2.05) is 0 Å². The third kappa shape index (κ3) is 3.61. The van der Waals surface area contributed by atoms with Gasteiger partial charge in [-0.05, 0) is 60.1 Å². The molecular formula is C15H24IN3O. The van der Waals surface area contributed by atoms with Crippen molar-refractivity contribution in [2.24, 2.45) is 11.8 Å². The Morgan fingerprint density at radius 3 is 2.45 bits per heavy atom. The van der Waals surface area contributed by atoms with Crippen LogP contribution in [0.5, 0.6) is 0 Å². The van der Waals surface area contributed by atoms with E-state index in [-0.39, 0.29) is 0 Å². The fraction of sp³-hybridized carbons (Fsp3) is 0.733. The fourth-order valence-electron chi connectivity index (χ4n) is 2.99. The van der Waals surface area contributed by atoms with Gasteiger partial charge in [-0.25, -0.2) is 9.97 Å². The van der Waals surface area contributed by atoms with Gasteiger partial charge in [-0.15, -0.1) is 0 Å². The van der Waals surface area contributed by atoms with E-state index in [4.69, 9.17) is 15.5 Å². The van der Waals surface area contributed by atoms with Crippen LogP contribution >= 0.6 is 22.6 Å². The Labute approximate surface area is 135 Å². The van der Waals surface area contributed by atoms with Gasteiger partial charge in [0, 0.05) is 13.0 Å². The van der Waals surface area contributed by atoms with Crippen molar-refractivity contribution >= 4 is 28.4 Å². The summed E-state index contributed by atoms with van der Waals surface area (Å²) in [6, 6.07) is 0. The van der Waals surface area contributed by atoms with Crippen molar-refractivity contribution in [3.8, 4) is 0 Å². The summed E-state index contributed by atoms with van der Waals surface area (Å²) in [5.74, 6) is 3.60. The number of nitrogen functional groups attached to an aromatic ring is 1. The first-order valence-corrected chi connectivity index (χ1v) is 8.41. The van der Waals surface area contributed by atoms with Gasteiger partial charge in [0.05, 0.1) is 15.9 Å². The zero-order chi connectivity index (χ0) is 14.7. The number of halogens is 1. The highest BCUT2D eigenvalue weighted by Gasteiger charge is 2.26. The zero-order valence-electron chi connectivity index (χ0n) is 12.5. The van der Waals surface area contributed by atoms with E-state index in [0.29, 0.717) is 18.3 Å². The fourth-order valence-corrected chi connectivity index (χ4v) is 3.39. The van der Waals surface area contributed by atoms with Crippen LogP contribution in [0.15, 0.2) is 0 Å². The maximum Gasteiger partial charge on any atom is 0.141 e. The summed E-state index contributed by atoms with van der Waals surface area (Å²) in [7, 11) is 1.68. The van der Waals surface area contributed by atoms with Crippen molar-refractivity contribution in [1.82, 2.24) is 9.97 Å². The van der Waals surface area contributed by atoms with Gasteiger partial charge in [-0.2, -0.15) is 0 Å². The molecule has 1 aliphatic rings. The van der Waals surface area contributed by atoms with Gasteiger partial charge in [0.2, 0.25) is 0 Å². The van der Waals surface area contributed by atoms with Crippen LogP contribution in [-0.4, -0.2) is 17.1 Å². The summed E-state index contributed by atoms with van der Waals surface area (Å²) >= 11 is 2.20. The highest BCUT2D eigenvalue weighted by molar-refractivity contribution is 14.1. The van der Waals surface area contributed by atoms with E-state index >= 15 is 0 Å². The molecule has 0 amide bonds. The number of aromatic nitrogens is 2. The Morgan fingerprint density at radius 1 is 1.25 bits per heavy atom. The van der Waals surface area contributed by atoms with Crippen LogP contribution in [0, 0.1) is 15.4 Å². The smallest absolute Gasteiger partial charge is 0.141 e. The maximum atomic E-state index is 6.02. The molecule has 0 spiro atoms. The number of rotatable bonds is 4. The first-order chi connectivity index (χ1) is 9.52. The third-order valence-electron chi connectivity index (χ3n) is 4.32. The van der Waals surface area contributed by atoms with E-state index in [1.54, 1.807) is 7.11 Å². The van der Waals surface area contributed by atoms with Gasteiger partial charge in [0.25, 0.3) is 0 Å². The number of methoxy groups -OCH3 is 1. The molecule has 112 valence electrons. The van der Waals surface area contributed by atoms with Gasteiger partial charge in [-0.1, -0.05) is 13.8 Å². The summed E-state index contributed by atoms with van der Waals surface area (Å²) in [6.45, 7) is 5.14. The van der Waals surface area contributed by atoms with Gasteiger partial charge in [-0.3, -0.25) is 0 Å². The highest BCUT2D eigenvalue weighted by atomic mass is 127. The monoisotopic (exact) mass is 389 g/mol. The Morgan fingerprint density at radius 2 is 1.90 bits per heavy atom. The topological polar surface area (TPSA) is 61.0 Å². The molecule has 4 nitrogen and oxygen atoms in total. The molecule has 0 unspecified atom stereocenters. The first-order valence-electron chi connectivity index (χ1n) is 7.33. The molecule has 1 aliphatic carbocycles. The van der Waals surface area contributed by atoms with Crippen LogP contribution in [0.3, 0.4) is 0 Å². The molecular weight excluding hydrogens is 365 g/mol. The van der Waals surface area contributed by atoms with E-state index in [2.05, 4.69) is 41.4 Å². The van der Waals surface area contributed by atoms with Crippen molar-refractivity contribution in [2.75, 3.05) is 12.8 Å². The maximum absolute atomic E-state index is 6.02.